The Balaban J connectivity index is 2.18. The van der Waals surface area contributed by atoms with Crippen molar-refractivity contribution >= 4 is 0 Å². The highest BCUT2D eigenvalue weighted by Gasteiger charge is 2.26. The molecule has 4 heteroatoms. The Hall–Kier alpha value is -0.940. The summed E-state index contributed by atoms with van der Waals surface area (Å²) in [6.45, 7) is 5.98. The minimum atomic E-state index is 0.260. The predicted molar refractivity (Wildman–Crippen MR) is 75.9 cm³/mol. The third-order valence-electron chi connectivity index (χ3n) is 3.69. The topological polar surface area (TPSA) is 47.7 Å². The molecule has 2 atom stereocenters. The van der Waals surface area contributed by atoms with Gasteiger partial charge < -0.3 is 15.2 Å². The number of morpholine rings is 1. The normalized spacial score (nSPS) is 22.4. The van der Waals surface area contributed by atoms with E-state index in [1.54, 1.807) is 7.11 Å². The van der Waals surface area contributed by atoms with Crippen molar-refractivity contribution in [2.45, 2.75) is 25.6 Å². The molecule has 0 amide bonds. The molecule has 2 unspecified atom stereocenters. The van der Waals surface area contributed by atoms with Gasteiger partial charge in [0.1, 0.15) is 0 Å². The summed E-state index contributed by atoms with van der Waals surface area (Å²) in [7, 11) is 1.72. The van der Waals surface area contributed by atoms with Crippen molar-refractivity contribution in [1.29, 1.82) is 0 Å². The lowest BCUT2D eigenvalue weighted by molar-refractivity contribution is -0.0209. The molecule has 0 saturated carbocycles. The highest BCUT2D eigenvalue weighted by molar-refractivity contribution is 5.26. The van der Waals surface area contributed by atoms with Crippen LogP contribution in [0.25, 0.3) is 0 Å². The summed E-state index contributed by atoms with van der Waals surface area (Å²) in [5.41, 5.74) is 8.47. The van der Waals surface area contributed by atoms with Gasteiger partial charge in [0.15, 0.2) is 0 Å². The lowest BCUT2D eigenvalue weighted by Crippen LogP contribution is -2.47. The van der Waals surface area contributed by atoms with Crippen LogP contribution in [0.4, 0.5) is 0 Å². The van der Waals surface area contributed by atoms with Gasteiger partial charge in [0.05, 0.1) is 19.8 Å². The molecule has 1 fully saturated rings. The Labute approximate surface area is 115 Å². The van der Waals surface area contributed by atoms with E-state index < -0.39 is 0 Å². The van der Waals surface area contributed by atoms with Crippen LogP contribution in [0.5, 0.6) is 0 Å². The second kappa shape index (κ2) is 7.01. The smallest absolute Gasteiger partial charge is 0.0713 e. The molecule has 0 aliphatic carbocycles. The molecule has 0 radical (unpaired) electrons. The van der Waals surface area contributed by atoms with Gasteiger partial charge in [0, 0.05) is 32.3 Å². The van der Waals surface area contributed by atoms with E-state index in [-0.39, 0.29) is 6.04 Å². The molecule has 1 aromatic rings. The van der Waals surface area contributed by atoms with E-state index in [0.29, 0.717) is 19.2 Å². The van der Waals surface area contributed by atoms with E-state index >= 15 is 0 Å². The van der Waals surface area contributed by atoms with E-state index in [4.69, 9.17) is 15.2 Å². The molecule has 106 valence electrons. The first-order valence-electron chi connectivity index (χ1n) is 6.87. The van der Waals surface area contributed by atoms with Gasteiger partial charge >= 0.3 is 0 Å². The number of hydrogen-bond acceptors (Lipinski definition) is 4. The molecule has 0 aromatic heterocycles. The summed E-state index contributed by atoms with van der Waals surface area (Å²) in [4.78, 5) is 2.44. The van der Waals surface area contributed by atoms with Crippen molar-refractivity contribution in [3.05, 3.63) is 35.4 Å². The second-order valence-corrected chi connectivity index (χ2v) is 5.09. The van der Waals surface area contributed by atoms with Gasteiger partial charge in [-0.15, -0.1) is 0 Å². The Morgan fingerprint density at radius 3 is 3.05 bits per heavy atom. The van der Waals surface area contributed by atoms with Crippen molar-refractivity contribution in [1.82, 2.24) is 4.90 Å². The molecule has 1 aliphatic rings. The highest BCUT2D eigenvalue weighted by atomic mass is 16.5. The number of nitrogens with zero attached hydrogens (tertiary/aromatic N) is 1. The fourth-order valence-electron chi connectivity index (χ4n) is 2.72. The standard InChI is InChI=1S/C15H24N2O2/c1-12-10-19-7-6-17(12)15(9-16)14-5-3-4-13(8-14)11-18-2/h3-5,8,12,15H,6-7,9-11,16H2,1-2H3. The van der Waals surface area contributed by atoms with Crippen molar-refractivity contribution in [3.8, 4) is 0 Å². The summed E-state index contributed by atoms with van der Waals surface area (Å²) in [6.07, 6.45) is 0. The zero-order valence-corrected chi connectivity index (χ0v) is 11.8. The zero-order chi connectivity index (χ0) is 13.7. The average Bonchev–Trinajstić information content (AvgIpc) is 2.43. The van der Waals surface area contributed by atoms with E-state index in [9.17, 15) is 0 Å². The van der Waals surface area contributed by atoms with Gasteiger partial charge in [-0.25, -0.2) is 0 Å². The first-order chi connectivity index (χ1) is 9.26. The Morgan fingerprint density at radius 1 is 1.53 bits per heavy atom. The second-order valence-electron chi connectivity index (χ2n) is 5.09. The fourth-order valence-corrected chi connectivity index (χ4v) is 2.72. The van der Waals surface area contributed by atoms with Crippen LogP contribution in [-0.2, 0) is 16.1 Å². The maximum atomic E-state index is 6.01. The number of hydrogen-bond donors (Lipinski definition) is 1. The van der Waals surface area contributed by atoms with Gasteiger partial charge in [-0.05, 0) is 18.1 Å². The molecular weight excluding hydrogens is 240 g/mol. The average molecular weight is 264 g/mol. The third kappa shape index (κ3) is 3.54. The number of nitrogens with two attached hydrogens (primary N) is 1. The molecule has 2 N–H and O–H groups in total. The maximum Gasteiger partial charge on any atom is 0.0713 e. The van der Waals surface area contributed by atoms with E-state index in [1.165, 1.54) is 11.1 Å². The van der Waals surface area contributed by atoms with Gasteiger partial charge in [0.2, 0.25) is 0 Å². The first-order valence-corrected chi connectivity index (χ1v) is 6.87. The molecule has 1 saturated heterocycles. The molecule has 19 heavy (non-hydrogen) atoms. The molecule has 1 aromatic carbocycles. The predicted octanol–water partition coefficient (Wildman–Crippen LogP) is 1.55. The quantitative estimate of drug-likeness (QED) is 0.876. The number of methoxy groups -OCH3 is 1. The SMILES string of the molecule is COCc1cccc(C(CN)N2CCOCC2C)c1. The Kier molecular flexibility index (Phi) is 5.34. The maximum absolute atomic E-state index is 6.01. The van der Waals surface area contributed by atoms with E-state index in [2.05, 4.69) is 36.1 Å². The minimum absolute atomic E-state index is 0.260. The number of ether oxygens (including phenoxy) is 2. The van der Waals surface area contributed by atoms with Crippen LogP contribution in [0.1, 0.15) is 24.1 Å². The zero-order valence-electron chi connectivity index (χ0n) is 11.8. The van der Waals surface area contributed by atoms with Crippen LogP contribution in [0, 0.1) is 0 Å². The van der Waals surface area contributed by atoms with E-state index in [1.807, 2.05) is 0 Å². The summed E-state index contributed by atoms with van der Waals surface area (Å²) < 4.78 is 10.7. The van der Waals surface area contributed by atoms with Crippen molar-refractivity contribution in [2.75, 3.05) is 33.4 Å². The summed E-state index contributed by atoms with van der Waals surface area (Å²) in [6, 6.07) is 9.19. The molecule has 1 heterocycles. The van der Waals surface area contributed by atoms with Crippen LogP contribution in [0.3, 0.4) is 0 Å². The minimum Gasteiger partial charge on any atom is -0.380 e. The van der Waals surface area contributed by atoms with Crippen molar-refractivity contribution < 1.29 is 9.47 Å². The molecule has 1 aliphatic heterocycles. The lowest BCUT2D eigenvalue weighted by Gasteiger charge is -2.39. The largest absolute Gasteiger partial charge is 0.380 e. The van der Waals surface area contributed by atoms with Crippen LogP contribution in [-0.4, -0.2) is 44.4 Å². The van der Waals surface area contributed by atoms with Gasteiger partial charge in [-0.3, -0.25) is 4.90 Å². The van der Waals surface area contributed by atoms with Crippen LogP contribution < -0.4 is 5.73 Å². The third-order valence-corrected chi connectivity index (χ3v) is 3.69. The molecule has 2 rings (SSSR count). The molecule has 0 spiro atoms. The summed E-state index contributed by atoms with van der Waals surface area (Å²) >= 11 is 0. The van der Waals surface area contributed by atoms with Crippen molar-refractivity contribution in [3.63, 3.8) is 0 Å². The first kappa shape index (κ1) is 14.5. The molecule has 4 nitrogen and oxygen atoms in total. The molecular formula is C15H24N2O2. The summed E-state index contributed by atoms with van der Waals surface area (Å²) in [5, 5.41) is 0. The van der Waals surface area contributed by atoms with Crippen LogP contribution in [0.15, 0.2) is 24.3 Å². The number of benzene rings is 1. The van der Waals surface area contributed by atoms with Crippen LogP contribution in [0.2, 0.25) is 0 Å². The monoisotopic (exact) mass is 264 g/mol. The van der Waals surface area contributed by atoms with E-state index in [0.717, 1.165) is 19.8 Å². The Morgan fingerprint density at radius 2 is 2.37 bits per heavy atom. The summed E-state index contributed by atoms with van der Waals surface area (Å²) in [5.74, 6) is 0. The highest BCUT2D eigenvalue weighted by Crippen LogP contribution is 2.24. The Bertz CT molecular complexity index is 397. The van der Waals surface area contributed by atoms with Gasteiger partial charge in [0.25, 0.3) is 0 Å². The van der Waals surface area contributed by atoms with Gasteiger partial charge in [-0.2, -0.15) is 0 Å². The fraction of sp³-hybridized carbons (Fsp3) is 0.600. The molecule has 0 bridgehead atoms. The lowest BCUT2D eigenvalue weighted by atomic mass is 10.0. The van der Waals surface area contributed by atoms with Crippen LogP contribution >= 0.6 is 0 Å². The number of rotatable bonds is 5. The van der Waals surface area contributed by atoms with Crippen molar-refractivity contribution in [2.24, 2.45) is 5.73 Å². The van der Waals surface area contributed by atoms with Gasteiger partial charge in [-0.1, -0.05) is 24.3 Å².